The third kappa shape index (κ3) is 4.00. The molecule has 98 valence electrons. The Hall–Kier alpha value is -1.10. The number of hydrogen-bond acceptors (Lipinski definition) is 3. The molecule has 1 fully saturated rings. The van der Waals surface area contributed by atoms with Crippen molar-refractivity contribution in [1.29, 1.82) is 0 Å². The summed E-state index contributed by atoms with van der Waals surface area (Å²) >= 11 is 0. The van der Waals surface area contributed by atoms with Crippen LogP contribution in [0.1, 0.15) is 40.0 Å². The zero-order valence-electron chi connectivity index (χ0n) is 10.8. The first-order chi connectivity index (χ1) is 7.70. The molecule has 1 heterocycles. The summed E-state index contributed by atoms with van der Waals surface area (Å²) < 4.78 is 0. The molecule has 1 aliphatic heterocycles. The second-order valence-corrected chi connectivity index (χ2v) is 5.74. The maximum Gasteiger partial charge on any atom is 0.326 e. The van der Waals surface area contributed by atoms with Gasteiger partial charge in [-0.05, 0) is 32.6 Å². The van der Waals surface area contributed by atoms with Gasteiger partial charge in [0.1, 0.15) is 6.04 Å². The zero-order chi connectivity index (χ0) is 13.2. The average Bonchev–Trinajstić information content (AvgIpc) is 2.14. The molecule has 0 aromatic heterocycles. The minimum Gasteiger partial charge on any atom is -0.480 e. The maximum absolute atomic E-state index is 12.0. The highest BCUT2D eigenvalue weighted by Crippen LogP contribution is 2.24. The lowest BCUT2D eigenvalue weighted by atomic mass is 9.91. The molecule has 0 aliphatic carbocycles. The minimum absolute atomic E-state index is 0.156. The first-order valence-electron chi connectivity index (χ1n) is 6.02. The second kappa shape index (κ2) is 5.04. The van der Waals surface area contributed by atoms with Crippen molar-refractivity contribution in [2.75, 3.05) is 6.54 Å². The summed E-state index contributed by atoms with van der Waals surface area (Å²) in [4.78, 5) is 24.6. The Morgan fingerprint density at radius 1 is 1.47 bits per heavy atom. The van der Waals surface area contributed by atoms with E-state index in [9.17, 15) is 9.59 Å². The van der Waals surface area contributed by atoms with Crippen LogP contribution < -0.4 is 5.73 Å². The highest BCUT2D eigenvalue weighted by Gasteiger charge is 2.35. The van der Waals surface area contributed by atoms with E-state index in [2.05, 4.69) is 0 Å². The molecule has 0 spiro atoms. The Kier molecular flexibility index (Phi) is 4.14. The number of nitrogens with zero attached hydrogens (tertiary/aromatic N) is 1. The summed E-state index contributed by atoms with van der Waals surface area (Å²) in [5.41, 5.74) is 5.20. The summed E-state index contributed by atoms with van der Waals surface area (Å²) in [5.74, 6) is -0.720. The van der Waals surface area contributed by atoms with Crippen LogP contribution in [0, 0.1) is 5.92 Å². The van der Waals surface area contributed by atoms with Gasteiger partial charge in [-0.2, -0.15) is 0 Å². The van der Waals surface area contributed by atoms with Crippen LogP contribution in [-0.2, 0) is 9.59 Å². The third-order valence-corrected chi connectivity index (χ3v) is 3.08. The molecule has 1 amide bonds. The molecule has 0 aromatic carbocycles. The van der Waals surface area contributed by atoms with E-state index in [1.54, 1.807) is 13.8 Å². The lowest BCUT2D eigenvalue weighted by Crippen LogP contribution is -2.52. The quantitative estimate of drug-likeness (QED) is 0.767. The molecule has 17 heavy (non-hydrogen) atoms. The van der Waals surface area contributed by atoms with Gasteiger partial charge in [-0.1, -0.05) is 6.92 Å². The van der Waals surface area contributed by atoms with Crippen molar-refractivity contribution in [2.24, 2.45) is 11.7 Å². The van der Waals surface area contributed by atoms with Gasteiger partial charge in [0.2, 0.25) is 5.91 Å². The third-order valence-electron chi connectivity index (χ3n) is 3.08. The van der Waals surface area contributed by atoms with Crippen molar-refractivity contribution in [1.82, 2.24) is 4.90 Å². The molecule has 2 atom stereocenters. The Morgan fingerprint density at radius 3 is 2.53 bits per heavy atom. The predicted molar refractivity (Wildman–Crippen MR) is 64.4 cm³/mol. The molecule has 2 unspecified atom stereocenters. The second-order valence-electron chi connectivity index (χ2n) is 5.74. The summed E-state index contributed by atoms with van der Waals surface area (Å²) in [5, 5.41) is 9.15. The van der Waals surface area contributed by atoms with E-state index in [1.807, 2.05) is 6.92 Å². The maximum atomic E-state index is 12.0. The molecule has 1 saturated heterocycles. The van der Waals surface area contributed by atoms with Gasteiger partial charge in [0.25, 0.3) is 0 Å². The standard InChI is InChI=1S/C12H22N2O3/c1-8-4-5-14(9(6-8)11(16)17)10(15)7-12(2,3)13/h8-9H,4-7,13H2,1-3H3,(H,16,17). The van der Waals surface area contributed by atoms with E-state index in [0.717, 1.165) is 6.42 Å². The SMILES string of the molecule is CC1CCN(C(=O)CC(C)(C)N)C(C(=O)O)C1. The average molecular weight is 242 g/mol. The Labute approximate surface area is 102 Å². The molecule has 0 radical (unpaired) electrons. The molecule has 5 nitrogen and oxygen atoms in total. The van der Waals surface area contributed by atoms with E-state index >= 15 is 0 Å². The first-order valence-corrected chi connectivity index (χ1v) is 6.02. The van der Waals surface area contributed by atoms with Gasteiger partial charge in [-0.15, -0.1) is 0 Å². The number of carbonyl (C=O) groups excluding carboxylic acids is 1. The fourth-order valence-electron chi connectivity index (χ4n) is 2.17. The van der Waals surface area contributed by atoms with E-state index in [4.69, 9.17) is 10.8 Å². The van der Waals surface area contributed by atoms with Crippen LogP contribution >= 0.6 is 0 Å². The zero-order valence-corrected chi connectivity index (χ0v) is 10.8. The van der Waals surface area contributed by atoms with Gasteiger partial charge in [0.15, 0.2) is 0 Å². The minimum atomic E-state index is -0.917. The van der Waals surface area contributed by atoms with Gasteiger partial charge < -0.3 is 15.7 Å². The topological polar surface area (TPSA) is 83.6 Å². The van der Waals surface area contributed by atoms with Gasteiger partial charge in [0, 0.05) is 18.5 Å². The van der Waals surface area contributed by atoms with Crippen molar-refractivity contribution in [3.63, 3.8) is 0 Å². The number of amides is 1. The molecular formula is C12H22N2O3. The number of carboxylic acids is 1. The summed E-state index contributed by atoms with van der Waals surface area (Å²) in [6.45, 7) is 6.08. The number of hydrogen-bond donors (Lipinski definition) is 2. The predicted octanol–water partition coefficient (Wildman–Crippen LogP) is 0.826. The fraction of sp³-hybridized carbons (Fsp3) is 0.833. The highest BCUT2D eigenvalue weighted by atomic mass is 16.4. The van der Waals surface area contributed by atoms with Crippen LogP contribution in [0.15, 0.2) is 0 Å². The van der Waals surface area contributed by atoms with Crippen molar-refractivity contribution >= 4 is 11.9 Å². The summed E-state index contributed by atoms with van der Waals surface area (Å²) in [6, 6.07) is -0.686. The lowest BCUT2D eigenvalue weighted by Gasteiger charge is -2.37. The van der Waals surface area contributed by atoms with E-state index < -0.39 is 17.6 Å². The van der Waals surface area contributed by atoms with E-state index in [1.165, 1.54) is 4.90 Å². The number of piperidine rings is 1. The highest BCUT2D eigenvalue weighted by molar-refractivity contribution is 5.84. The van der Waals surface area contributed by atoms with Crippen molar-refractivity contribution < 1.29 is 14.7 Å². The molecule has 0 bridgehead atoms. The van der Waals surface area contributed by atoms with Crippen LogP contribution in [-0.4, -0.2) is 40.0 Å². The molecule has 3 N–H and O–H groups in total. The summed E-state index contributed by atoms with van der Waals surface area (Å²) in [7, 11) is 0. The van der Waals surface area contributed by atoms with Gasteiger partial charge in [-0.25, -0.2) is 4.79 Å². The molecule has 0 saturated carbocycles. The normalized spacial score (nSPS) is 25.8. The van der Waals surface area contributed by atoms with Crippen LogP contribution in [0.2, 0.25) is 0 Å². The number of carboxylic acid groups (broad SMARTS) is 1. The van der Waals surface area contributed by atoms with Crippen LogP contribution in [0.5, 0.6) is 0 Å². The molecule has 1 aliphatic rings. The van der Waals surface area contributed by atoms with Crippen LogP contribution in [0.3, 0.4) is 0 Å². The van der Waals surface area contributed by atoms with Gasteiger partial charge in [-0.3, -0.25) is 4.79 Å². The number of nitrogens with two attached hydrogens (primary N) is 1. The lowest BCUT2D eigenvalue weighted by molar-refractivity contribution is -0.153. The molecular weight excluding hydrogens is 220 g/mol. The Bertz CT molecular complexity index is 309. The van der Waals surface area contributed by atoms with Crippen molar-refractivity contribution in [3.05, 3.63) is 0 Å². The first kappa shape index (κ1) is 14.0. The van der Waals surface area contributed by atoms with Gasteiger partial charge in [0.05, 0.1) is 0 Å². The fourth-order valence-corrected chi connectivity index (χ4v) is 2.17. The van der Waals surface area contributed by atoms with Crippen molar-refractivity contribution in [2.45, 2.75) is 51.6 Å². The molecule has 1 rings (SSSR count). The largest absolute Gasteiger partial charge is 0.480 e. The monoisotopic (exact) mass is 242 g/mol. The van der Waals surface area contributed by atoms with Crippen LogP contribution in [0.25, 0.3) is 0 Å². The Balaban J connectivity index is 2.73. The Morgan fingerprint density at radius 2 is 2.06 bits per heavy atom. The van der Waals surface area contributed by atoms with E-state index in [0.29, 0.717) is 18.9 Å². The number of carbonyl (C=O) groups is 2. The molecule has 0 aromatic rings. The molecule has 5 heteroatoms. The number of rotatable bonds is 3. The van der Waals surface area contributed by atoms with Gasteiger partial charge >= 0.3 is 5.97 Å². The summed E-state index contributed by atoms with van der Waals surface area (Å²) in [6.07, 6.45) is 1.58. The number of aliphatic carboxylic acids is 1. The van der Waals surface area contributed by atoms with Crippen molar-refractivity contribution in [3.8, 4) is 0 Å². The number of likely N-dealkylation sites (tertiary alicyclic amines) is 1. The van der Waals surface area contributed by atoms with E-state index in [-0.39, 0.29) is 12.3 Å². The smallest absolute Gasteiger partial charge is 0.326 e. The van der Waals surface area contributed by atoms with Crippen LogP contribution in [0.4, 0.5) is 0 Å².